The molecule has 0 radical (unpaired) electrons. The third-order valence-corrected chi connectivity index (χ3v) is 6.58. The number of fused-ring (bicyclic) bond motifs is 1. The van der Waals surface area contributed by atoms with Gasteiger partial charge in [-0.3, -0.25) is 24.3 Å². The van der Waals surface area contributed by atoms with Crippen molar-refractivity contribution in [2.75, 3.05) is 6.54 Å². The molecule has 0 spiro atoms. The Morgan fingerprint density at radius 3 is 2.44 bits per heavy atom. The van der Waals surface area contributed by atoms with Gasteiger partial charge in [-0.1, -0.05) is 30.7 Å². The summed E-state index contributed by atoms with van der Waals surface area (Å²) in [5, 5.41) is 3.07. The van der Waals surface area contributed by atoms with Gasteiger partial charge in [-0.2, -0.15) is 0 Å². The molecule has 34 heavy (non-hydrogen) atoms. The number of hydrogen-bond acceptors (Lipinski definition) is 4. The van der Waals surface area contributed by atoms with E-state index in [1.54, 1.807) is 48.5 Å². The molecule has 172 valence electrons. The molecule has 0 unspecified atom stereocenters. The maximum atomic E-state index is 13.5. The zero-order valence-electron chi connectivity index (χ0n) is 18.5. The van der Waals surface area contributed by atoms with E-state index in [9.17, 15) is 18.8 Å². The lowest BCUT2D eigenvalue weighted by atomic mass is 9.85. The molecule has 1 aromatic heterocycles. The van der Waals surface area contributed by atoms with Gasteiger partial charge in [0.25, 0.3) is 17.7 Å². The van der Waals surface area contributed by atoms with E-state index >= 15 is 0 Å². The maximum Gasteiger partial charge on any atom is 0.261 e. The number of imide groups is 1. The van der Waals surface area contributed by atoms with E-state index in [0.717, 1.165) is 19.3 Å². The summed E-state index contributed by atoms with van der Waals surface area (Å²) in [5.41, 5.74) is 2.59. The molecule has 1 N–H and O–H groups in total. The number of carbonyl (C=O) groups is 3. The highest BCUT2D eigenvalue weighted by molar-refractivity contribution is 6.21. The van der Waals surface area contributed by atoms with Crippen LogP contribution in [0.4, 0.5) is 4.39 Å². The van der Waals surface area contributed by atoms with Crippen LogP contribution in [-0.4, -0.2) is 40.2 Å². The fourth-order valence-corrected chi connectivity index (χ4v) is 4.87. The largest absolute Gasteiger partial charge is 0.349 e. The van der Waals surface area contributed by atoms with Crippen LogP contribution >= 0.6 is 0 Å². The number of nitrogens with one attached hydrogen (secondary N) is 1. The van der Waals surface area contributed by atoms with Gasteiger partial charge in [0.1, 0.15) is 5.82 Å². The number of amides is 3. The summed E-state index contributed by atoms with van der Waals surface area (Å²) >= 11 is 0. The van der Waals surface area contributed by atoms with E-state index in [1.807, 2.05) is 0 Å². The molecule has 0 saturated heterocycles. The van der Waals surface area contributed by atoms with Gasteiger partial charge in [0.2, 0.25) is 0 Å². The summed E-state index contributed by atoms with van der Waals surface area (Å²) in [7, 11) is 0. The minimum atomic E-state index is -0.339. The van der Waals surface area contributed by atoms with Crippen LogP contribution in [0, 0.1) is 11.7 Å². The second-order valence-electron chi connectivity index (χ2n) is 8.91. The lowest BCUT2D eigenvalue weighted by molar-refractivity contribution is 0.0606. The first-order chi connectivity index (χ1) is 16.5. The molecule has 2 atom stereocenters. The lowest BCUT2D eigenvalue weighted by Crippen LogP contribution is -2.42. The normalized spacial score (nSPS) is 19.7. The number of aromatic nitrogens is 1. The van der Waals surface area contributed by atoms with E-state index in [0.29, 0.717) is 40.9 Å². The summed E-state index contributed by atoms with van der Waals surface area (Å²) < 4.78 is 13.5. The van der Waals surface area contributed by atoms with Crippen molar-refractivity contribution in [1.82, 2.24) is 15.2 Å². The van der Waals surface area contributed by atoms with E-state index < -0.39 is 0 Å². The van der Waals surface area contributed by atoms with Crippen molar-refractivity contribution in [3.8, 4) is 11.3 Å². The zero-order chi connectivity index (χ0) is 23.7. The predicted octanol–water partition coefficient (Wildman–Crippen LogP) is 4.47. The Labute approximate surface area is 196 Å². The standard InChI is InChI=1S/C27H24FN3O3/c28-20-7-4-6-18(14-20)24-12-11-19(15-29-24)25(32)30-21-8-3-5-17(13-21)16-31-26(33)22-9-1-2-10-23(22)27(31)34/h1-2,4,6-7,9-12,14-15,17,21H,3,5,8,13,16H2,(H,30,32)/t17-,21+/m1/s1. The highest BCUT2D eigenvalue weighted by Gasteiger charge is 2.37. The molecule has 2 heterocycles. The van der Waals surface area contributed by atoms with Crippen molar-refractivity contribution in [2.45, 2.75) is 31.7 Å². The highest BCUT2D eigenvalue weighted by Crippen LogP contribution is 2.29. The monoisotopic (exact) mass is 457 g/mol. The molecule has 7 heteroatoms. The van der Waals surface area contributed by atoms with Crippen LogP contribution in [0.15, 0.2) is 66.9 Å². The molecule has 1 aliphatic carbocycles. The van der Waals surface area contributed by atoms with Crippen LogP contribution in [0.3, 0.4) is 0 Å². The van der Waals surface area contributed by atoms with Gasteiger partial charge < -0.3 is 5.32 Å². The third kappa shape index (κ3) is 4.33. The van der Waals surface area contributed by atoms with Crippen molar-refractivity contribution < 1.29 is 18.8 Å². The van der Waals surface area contributed by atoms with E-state index in [1.165, 1.54) is 23.2 Å². The second kappa shape index (κ2) is 9.17. The quantitative estimate of drug-likeness (QED) is 0.574. The second-order valence-corrected chi connectivity index (χ2v) is 8.91. The number of nitrogens with zero attached hydrogens (tertiary/aromatic N) is 2. The number of pyridine rings is 1. The SMILES string of the molecule is O=C(N[C@H]1CCC[C@@H](CN2C(=O)c3ccccc3C2=O)C1)c1ccc(-c2cccc(F)c2)nc1. The molecule has 1 aliphatic heterocycles. The number of halogens is 1. The van der Waals surface area contributed by atoms with Crippen LogP contribution < -0.4 is 5.32 Å². The Hall–Kier alpha value is -3.87. The van der Waals surface area contributed by atoms with Crippen molar-refractivity contribution in [3.05, 3.63) is 89.4 Å². The Kier molecular flexibility index (Phi) is 5.92. The van der Waals surface area contributed by atoms with Gasteiger partial charge >= 0.3 is 0 Å². The minimum absolute atomic E-state index is 0.0377. The topological polar surface area (TPSA) is 79.4 Å². The molecule has 3 amide bonds. The molecule has 2 aromatic carbocycles. The predicted molar refractivity (Wildman–Crippen MR) is 125 cm³/mol. The van der Waals surface area contributed by atoms with Crippen molar-refractivity contribution in [1.29, 1.82) is 0 Å². The van der Waals surface area contributed by atoms with Crippen LogP contribution in [0.1, 0.15) is 56.8 Å². The van der Waals surface area contributed by atoms with Crippen molar-refractivity contribution in [2.24, 2.45) is 5.92 Å². The lowest BCUT2D eigenvalue weighted by Gasteiger charge is -2.31. The number of benzene rings is 2. The number of carbonyl (C=O) groups excluding carboxylic acids is 3. The molecule has 5 rings (SSSR count). The fourth-order valence-electron chi connectivity index (χ4n) is 4.87. The molecular formula is C27H24FN3O3. The third-order valence-electron chi connectivity index (χ3n) is 6.58. The van der Waals surface area contributed by atoms with Gasteiger partial charge in [-0.05, 0) is 61.6 Å². The first-order valence-corrected chi connectivity index (χ1v) is 11.5. The van der Waals surface area contributed by atoms with E-state index in [4.69, 9.17) is 0 Å². The van der Waals surface area contributed by atoms with Crippen LogP contribution in [0.2, 0.25) is 0 Å². The Morgan fingerprint density at radius 2 is 1.76 bits per heavy atom. The Morgan fingerprint density at radius 1 is 1.00 bits per heavy atom. The van der Waals surface area contributed by atoms with E-state index in [-0.39, 0.29) is 35.5 Å². The first kappa shape index (κ1) is 21.9. The van der Waals surface area contributed by atoms with Gasteiger partial charge in [-0.25, -0.2) is 4.39 Å². The average Bonchev–Trinajstić information content (AvgIpc) is 3.09. The Bertz CT molecular complexity index is 1220. The smallest absolute Gasteiger partial charge is 0.261 e. The number of hydrogen-bond donors (Lipinski definition) is 1. The fraction of sp³-hybridized carbons (Fsp3) is 0.259. The van der Waals surface area contributed by atoms with Crippen LogP contribution in [0.5, 0.6) is 0 Å². The van der Waals surface area contributed by atoms with Crippen LogP contribution in [0.25, 0.3) is 11.3 Å². The molecular weight excluding hydrogens is 433 g/mol. The molecule has 1 saturated carbocycles. The summed E-state index contributed by atoms with van der Waals surface area (Å²) in [6, 6.07) is 16.4. The van der Waals surface area contributed by atoms with Crippen LogP contribution in [-0.2, 0) is 0 Å². The number of rotatable bonds is 5. The molecule has 0 bridgehead atoms. The Balaban J connectivity index is 1.20. The summed E-state index contributed by atoms with van der Waals surface area (Å²) in [4.78, 5) is 43.8. The van der Waals surface area contributed by atoms with Crippen molar-refractivity contribution in [3.63, 3.8) is 0 Å². The first-order valence-electron chi connectivity index (χ1n) is 11.5. The minimum Gasteiger partial charge on any atom is -0.349 e. The molecule has 2 aliphatic rings. The summed E-state index contributed by atoms with van der Waals surface area (Å²) in [5.74, 6) is -0.902. The van der Waals surface area contributed by atoms with Gasteiger partial charge in [0.05, 0.1) is 22.4 Å². The summed E-state index contributed by atoms with van der Waals surface area (Å²) in [6.45, 7) is 0.364. The average molecular weight is 458 g/mol. The van der Waals surface area contributed by atoms with Gasteiger partial charge in [0, 0.05) is 24.3 Å². The highest BCUT2D eigenvalue weighted by atomic mass is 19.1. The molecule has 1 fully saturated rings. The molecule has 3 aromatic rings. The van der Waals surface area contributed by atoms with Gasteiger partial charge in [-0.15, -0.1) is 0 Å². The van der Waals surface area contributed by atoms with Crippen molar-refractivity contribution >= 4 is 17.7 Å². The van der Waals surface area contributed by atoms with Gasteiger partial charge in [0.15, 0.2) is 0 Å². The molecule has 6 nitrogen and oxygen atoms in total. The summed E-state index contributed by atoms with van der Waals surface area (Å²) in [6.07, 6.45) is 4.86. The van der Waals surface area contributed by atoms with E-state index in [2.05, 4.69) is 10.3 Å². The maximum absolute atomic E-state index is 13.5. The zero-order valence-corrected chi connectivity index (χ0v) is 18.5.